The average Bonchev–Trinajstić information content (AvgIpc) is 2.86. The number of nitrogens with one attached hydrogen (secondary N) is 1. The monoisotopic (exact) mass is 263 g/mol. The van der Waals surface area contributed by atoms with Gasteiger partial charge in [-0.05, 0) is 19.1 Å². The maximum Gasteiger partial charge on any atom is 0.371 e. The quantitative estimate of drug-likeness (QED) is 0.847. The lowest BCUT2D eigenvalue weighted by Gasteiger charge is -2.09. The Morgan fingerprint density at radius 2 is 2.26 bits per heavy atom. The molecule has 0 aliphatic rings. The molecule has 7 heteroatoms. The van der Waals surface area contributed by atoms with Crippen LogP contribution in [0, 0.1) is 6.92 Å². The minimum absolute atomic E-state index is 0.0891. The van der Waals surface area contributed by atoms with Crippen LogP contribution in [0.25, 0.3) is 0 Å². The van der Waals surface area contributed by atoms with Crippen molar-refractivity contribution < 1.29 is 19.1 Å². The van der Waals surface area contributed by atoms with Gasteiger partial charge in [0.15, 0.2) is 0 Å². The lowest BCUT2D eigenvalue weighted by molar-refractivity contribution is 0.0660. The van der Waals surface area contributed by atoms with Gasteiger partial charge in [0.2, 0.25) is 11.6 Å². The van der Waals surface area contributed by atoms with Crippen molar-refractivity contribution in [3.05, 3.63) is 35.5 Å². The first-order valence-corrected chi connectivity index (χ1v) is 5.53. The Morgan fingerprint density at radius 1 is 1.47 bits per heavy atom. The van der Waals surface area contributed by atoms with Gasteiger partial charge in [0.05, 0.1) is 19.2 Å². The van der Waals surface area contributed by atoms with Crippen molar-refractivity contribution in [1.29, 1.82) is 0 Å². The van der Waals surface area contributed by atoms with Crippen LogP contribution >= 0.6 is 0 Å². The normalized spacial score (nSPS) is 10.2. The molecule has 0 saturated carbocycles. The van der Waals surface area contributed by atoms with Gasteiger partial charge in [0.1, 0.15) is 17.9 Å². The standard InChI is InChI=1S/C12H13N3O4/c1-7-10(14-6-15-11(7)18-2)13-5-8-3-4-9(19-8)12(16)17/h3-4,6H,5H2,1-2H3,(H,16,17)(H,13,14,15). The van der Waals surface area contributed by atoms with Crippen LogP contribution in [-0.4, -0.2) is 28.2 Å². The van der Waals surface area contributed by atoms with Crippen molar-refractivity contribution >= 4 is 11.8 Å². The molecule has 100 valence electrons. The van der Waals surface area contributed by atoms with Crippen LogP contribution in [0.2, 0.25) is 0 Å². The fourth-order valence-electron chi connectivity index (χ4n) is 1.58. The number of hydrogen-bond donors (Lipinski definition) is 2. The lowest BCUT2D eigenvalue weighted by Crippen LogP contribution is -2.04. The molecule has 19 heavy (non-hydrogen) atoms. The maximum absolute atomic E-state index is 10.7. The second-order valence-electron chi connectivity index (χ2n) is 3.78. The summed E-state index contributed by atoms with van der Waals surface area (Å²) < 4.78 is 10.2. The van der Waals surface area contributed by atoms with E-state index in [1.807, 2.05) is 6.92 Å². The van der Waals surface area contributed by atoms with Crippen LogP contribution in [0.5, 0.6) is 5.88 Å². The molecule has 2 aromatic heterocycles. The largest absolute Gasteiger partial charge is 0.481 e. The van der Waals surface area contributed by atoms with Crippen LogP contribution in [0.1, 0.15) is 21.9 Å². The Labute approximate surface area is 109 Å². The smallest absolute Gasteiger partial charge is 0.371 e. The third kappa shape index (κ3) is 2.82. The van der Waals surface area contributed by atoms with E-state index in [0.29, 0.717) is 24.0 Å². The van der Waals surface area contributed by atoms with Gasteiger partial charge in [-0.3, -0.25) is 0 Å². The van der Waals surface area contributed by atoms with Crippen molar-refractivity contribution in [3.63, 3.8) is 0 Å². The summed E-state index contributed by atoms with van der Waals surface area (Å²) in [6.07, 6.45) is 1.39. The minimum atomic E-state index is -1.09. The molecule has 0 amide bonds. The number of hydrogen-bond acceptors (Lipinski definition) is 6. The number of aromatic carboxylic acids is 1. The van der Waals surface area contributed by atoms with Crippen LogP contribution in [0.4, 0.5) is 5.82 Å². The molecule has 0 aromatic carbocycles. The van der Waals surface area contributed by atoms with Crippen molar-refractivity contribution in [2.75, 3.05) is 12.4 Å². The zero-order valence-electron chi connectivity index (χ0n) is 10.5. The van der Waals surface area contributed by atoms with Crippen molar-refractivity contribution in [2.45, 2.75) is 13.5 Å². The van der Waals surface area contributed by atoms with E-state index in [0.717, 1.165) is 5.56 Å². The number of nitrogens with zero attached hydrogens (tertiary/aromatic N) is 2. The molecule has 0 spiro atoms. The van der Waals surface area contributed by atoms with Gasteiger partial charge in [0.25, 0.3) is 0 Å². The van der Waals surface area contributed by atoms with E-state index in [-0.39, 0.29) is 5.76 Å². The summed E-state index contributed by atoms with van der Waals surface area (Å²) in [5, 5.41) is 11.8. The van der Waals surface area contributed by atoms with Crippen molar-refractivity contribution in [3.8, 4) is 5.88 Å². The van der Waals surface area contributed by atoms with E-state index >= 15 is 0 Å². The van der Waals surface area contributed by atoms with E-state index in [4.69, 9.17) is 14.3 Å². The van der Waals surface area contributed by atoms with Crippen molar-refractivity contribution in [2.24, 2.45) is 0 Å². The minimum Gasteiger partial charge on any atom is -0.481 e. The predicted molar refractivity (Wildman–Crippen MR) is 66.3 cm³/mol. The summed E-state index contributed by atoms with van der Waals surface area (Å²) in [6.45, 7) is 2.15. The summed E-state index contributed by atoms with van der Waals surface area (Å²) in [6, 6.07) is 3.01. The molecule has 0 bridgehead atoms. The molecule has 0 radical (unpaired) electrons. The summed E-state index contributed by atoms with van der Waals surface area (Å²) >= 11 is 0. The zero-order valence-corrected chi connectivity index (χ0v) is 10.5. The Kier molecular flexibility index (Phi) is 3.65. The first kappa shape index (κ1) is 12.9. The number of carboxylic acid groups (broad SMARTS) is 1. The zero-order chi connectivity index (χ0) is 13.8. The molecule has 2 N–H and O–H groups in total. The number of ether oxygens (including phenoxy) is 1. The second kappa shape index (κ2) is 5.38. The van der Waals surface area contributed by atoms with Gasteiger partial charge in [-0.25, -0.2) is 14.8 Å². The van der Waals surface area contributed by atoms with Crippen LogP contribution < -0.4 is 10.1 Å². The Morgan fingerprint density at radius 3 is 2.89 bits per heavy atom. The number of aromatic nitrogens is 2. The molecule has 2 heterocycles. The highest BCUT2D eigenvalue weighted by atomic mass is 16.5. The number of rotatable bonds is 5. The van der Waals surface area contributed by atoms with E-state index in [2.05, 4.69) is 15.3 Å². The molecule has 0 atom stereocenters. The number of anilines is 1. The first-order chi connectivity index (χ1) is 9.11. The number of furan rings is 1. The first-order valence-electron chi connectivity index (χ1n) is 5.53. The topological polar surface area (TPSA) is 97.5 Å². The third-order valence-electron chi connectivity index (χ3n) is 2.53. The predicted octanol–water partition coefficient (Wildman–Crippen LogP) is 1.70. The van der Waals surface area contributed by atoms with E-state index < -0.39 is 5.97 Å². The molecular weight excluding hydrogens is 250 g/mol. The van der Waals surface area contributed by atoms with Crippen molar-refractivity contribution in [1.82, 2.24) is 9.97 Å². The Balaban J connectivity index is 2.08. The van der Waals surface area contributed by atoms with E-state index in [1.165, 1.54) is 19.5 Å². The van der Waals surface area contributed by atoms with Gasteiger partial charge >= 0.3 is 5.97 Å². The number of carbonyl (C=O) groups is 1. The summed E-state index contributed by atoms with van der Waals surface area (Å²) in [4.78, 5) is 18.7. The molecule has 0 unspecified atom stereocenters. The van der Waals surface area contributed by atoms with Gasteiger partial charge in [0, 0.05) is 0 Å². The van der Waals surface area contributed by atoms with Crippen LogP contribution in [0.3, 0.4) is 0 Å². The van der Waals surface area contributed by atoms with Gasteiger partial charge in [-0.1, -0.05) is 0 Å². The summed E-state index contributed by atoms with van der Waals surface area (Å²) in [5.41, 5.74) is 0.773. The summed E-state index contributed by atoms with van der Waals surface area (Å²) in [7, 11) is 1.53. The Bertz CT molecular complexity index is 594. The average molecular weight is 263 g/mol. The SMILES string of the molecule is COc1ncnc(NCc2ccc(C(=O)O)o2)c1C. The van der Waals surface area contributed by atoms with Gasteiger partial charge < -0.3 is 19.6 Å². The van der Waals surface area contributed by atoms with Crippen LogP contribution in [0.15, 0.2) is 22.9 Å². The van der Waals surface area contributed by atoms with Gasteiger partial charge in [-0.15, -0.1) is 0 Å². The molecule has 2 aromatic rings. The second-order valence-corrected chi connectivity index (χ2v) is 3.78. The molecule has 7 nitrogen and oxygen atoms in total. The third-order valence-corrected chi connectivity index (χ3v) is 2.53. The lowest BCUT2D eigenvalue weighted by atomic mass is 10.3. The molecule has 2 rings (SSSR count). The summed E-state index contributed by atoms with van der Waals surface area (Å²) in [5.74, 6) is 0.428. The number of carboxylic acids is 1. The Hall–Kier alpha value is -2.57. The number of methoxy groups -OCH3 is 1. The molecular formula is C12H13N3O4. The fourth-order valence-corrected chi connectivity index (χ4v) is 1.58. The molecule has 0 aliphatic carbocycles. The van der Waals surface area contributed by atoms with Gasteiger partial charge in [-0.2, -0.15) is 0 Å². The van der Waals surface area contributed by atoms with E-state index in [9.17, 15) is 4.79 Å². The molecule has 0 saturated heterocycles. The molecule has 0 fully saturated rings. The highest BCUT2D eigenvalue weighted by Gasteiger charge is 2.10. The highest BCUT2D eigenvalue weighted by Crippen LogP contribution is 2.20. The maximum atomic E-state index is 10.7. The van der Waals surface area contributed by atoms with E-state index in [1.54, 1.807) is 6.07 Å². The molecule has 0 aliphatic heterocycles. The fraction of sp³-hybridized carbons (Fsp3) is 0.250. The highest BCUT2D eigenvalue weighted by molar-refractivity contribution is 5.84. The van der Waals surface area contributed by atoms with Crippen LogP contribution in [-0.2, 0) is 6.54 Å².